The minimum atomic E-state index is -3.64. The van der Waals surface area contributed by atoms with Gasteiger partial charge in [0, 0.05) is 19.0 Å². The Kier molecular flexibility index (Phi) is 6.46. The third-order valence-electron chi connectivity index (χ3n) is 3.84. The molecule has 0 saturated carbocycles. The SMILES string of the molecule is CC(C)(C)OC(=O)N1CCC[C@@H](COS(=O)(=O)Cc2ccccc2)C1. The molecule has 0 unspecified atom stereocenters. The Morgan fingerprint density at radius 1 is 1.24 bits per heavy atom. The number of benzene rings is 1. The maximum atomic E-state index is 12.1. The largest absolute Gasteiger partial charge is 0.444 e. The van der Waals surface area contributed by atoms with Gasteiger partial charge in [0.2, 0.25) is 0 Å². The van der Waals surface area contributed by atoms with E-state index in [0.29, 0.717) is 18.7 Å². The summed E-state index contributed by atoms with van der Waals surface area (Å²) in [7, 11) is -3.64. The Balaban J connectivity index is 1.85. The van der Waals surface area contributed by atoms with Crippen LogP contribution in [0.3, 0.4) is 0 Å². The second-order valence-corrected chi connectivity index (χ2v) is 9.05. The van der Waals surface area contributed by atoms with E-state index in [1.54, 1.807) is 29.2 Å². The highest BCUT2D eigenvalue weighted by Gasteiger charge is 2.28. The average molecular weight is 369 g/mol. The Labute approximate surface area is 150 Å². The molecule has 1 aromatic carbocycles. The first kappa shape index (κ1) is 19.7. The van der Waals surface area contributed by atoms with Gasteiger partial charge in [0.05, 0.1) is 6.61 Å². The van der Waals surface area contributed by atoms with Gasteiger partial charge >= 0.3 is 6.09 Å². The molecule has 1 aromatic rings. The highest BCUT2D eigenvalue weighted by Crippen LogP contribution is 2.20. The predicted octanol–water partition coefficient (Wildman–Crippen LogP) is 3.18. The minimum Gasteiger partial charge on any atom is -0.444 e. The zero-order chi connectivity index (χ0) is 18.5. The van der Waals surface area contributed by atoms with Crippen LogP contribution in [0, 0.1) is 5.92 Å². The van der Waals surface area contributed by atoms with Crippen LogP contribution in [0.4, 0.5) is 4.79 Å². The van der Waals surface area contributed by atoms with E-state index in [1.807, 2.05) is 26.8 Å². The van der Waals surface area contributed by atoms with Gasteiger partial charge < -0.3 is 9.64 Å². The standard InChI is InChI=1S/C18H27NO5S/c1-18(2,3)24-17(20)19-11-7-10-16(12-19)13-23-25(21,22)14-15-8-5-4-6-9-15/h4-6,8-9,16H,7,10-14H2,1-3H3/t16-/m1/s1. The summed E-state index contributed by atoms with van der Waals surface area (Å²) in [6, 6.07) is 8.94. The Morgan fingerprint density at radius 2 is 1.92 bits per heavy atom. The van der Waals surface area contributed by atoms with Crippen molar-refractivity contribution in [3.63, 3.8) is 0 Å². The molecule has 0 spiro atoms. The van der Waals surface area contributed by atoms with Gasteiger partial charge in [-0.1, -0.05) is 30.3 Å². The number of carbonyl (C=O) groups excluding carboxylic acids is 1. The van der Waals surface area contributed by atoms with Crippen LogP contribution in [0.15, 0.2) is 30.3 Å². The van der Waals surface area contributed by atoms with Crippen molar-refractivity contribution in [1.29, 1.82) is 0 Å². The summed E-state index contributed by atoms with van der Waals surface area (Å²) in [5.74, 6) is -0.150. The van der Waals surface area contributed by atoms with Gasteiger partial charge in [0.1, 0.15) is 11.4 Å². The summed E-state index contributed by atoms with van der Waals surface area (Å²) in [4.78, 5) is 13.8. The number of nitrogens with zero attached hydrogens (tertiary/aromatic N) is 1. The molecule has 1 aliphatic heterocycles. The van der Waals surface area contributed by atoms with Crippen molar-refractivity contribution in [2.24, 2.45) is 5.92 Å². The van der Waals surface area contributed by atoms with Crippen LogP contribution in [-0.2, 0) is 24.8 Å². The molecule has 1 fully saturated rings. The van der Waals surface area contributed by atoms with E-state index in [9.17, 15) is 13.2 Å². The average Bonchev–Trinajstić information content (AvgIpc) is 2.52. The number of likely N-dealkylation sites (tertiary alicyclic amines) is 1. The second-order valence-electron chi connectivity index (χ2n) is 7.41. The maximum Gasteiger partial charge on any atom is 0.410 e. The van der Waals surface area contributed by atoms with Crippen molar-refractivity contribution >= 4 is 16.2 Å². The third-order valence-corrected chi connectivity index (χ3v) is 5.02. The lowest BCUT2D eigenvalue weighted by atomic mass is 9.99. The highest BCUT2D eigenvalue weighted by molar-refractivity contribution is 7.85. The van der Waals surface area contributed by atoms with Gasteiger partial charge in [-0.05, 0) is 39.2 Å². The Bertz CT molecular complexity index is 666. The topological polar surface area (TPSA) is 72.9 Å². The van der Waals surface area contributed by atoms with Crippen molar-refractivity contribution < 1.29 is 22.1 Å². The molecule has 0 aromatic heterocycles. The smallest absolute Gasteiger partial charge is 0.410 e. The van der Waals surface area contributed by atoms with Crippen molar-refractivity contribution in [1.82, 2.24) is 4.90 Å². The molecule has 0 bridgehead atoms. The zero-order valence-corrected chi connectivity index (χ0v) is 15.9. The van der Waals surface area contributed by atoms with Crippen LogP contribution < -0.4 is 0 Å². The predicted molar refractivity (Wildman–Crippen MR) is 95.5 cm³/mol. The van der Waals surface area contributed by atoms with E-state index in [4.69, 9.17) is 8.92 Å². The fourth-order valence-electron chi connectivity index (χ4n) is 2.71. The first-order valence-electron chi connectivity index (χ1n) is 8.53. The number of hydrogen-bond donors (Lipinski definition) is 0. The molecule has 2 rings (SSSR count). The fourth-order valence-corrected chi connectivity index (χ4v) is 3.80. The molecule has 0 N–H and O–H groups in total. The van der Waals surface area contributed by atoms with E-state index in [0.717, 1.165) is 12.8 Å². The lowest BCUT2D eigenvalue weighted by Crippen LogP contribution is -2.44. The zero-order valence-electron chi connectivity index (χ0n) is 15.1. The number of rotatable bonds is 5. The molecule has 1 atom stereocenters. The van der Waals surface area contributed by atoms with Crippen molar-refractivity contribution in [3.8, 4) is 0 Å². The van der Waals surface area contributed by atoms with Crippen molar-refractivity contribution in [2.75, 3.05) is 19.7 Å². The molecule has 6 nitrogen and oxygen atoms in total. The summed E-state index contributed by atoms with van der Waals surface area (Å²) in [5.41, 5.74) is 0.154. The number of ether oxygens (including phenoxy) is 1. The van der Waals surface area contributed by atoms with E-state index < -0.39 is 15.7 Å². The van der Waals surface area contributed by atoms with Crippen LogP contribution in [0.1, 0.15) is 39.2 Å². The molecule has 0 aliphatic carbocycles. The lowest BCUT2D eigenvalue weighted by Gasteiger charge is -2.33. The van der Waals surface area contributed by atoms with Crippen LogP contribution in [0.2, 0.25) is 0 Å². The summed E-state index contributed by atoms with van der Waals surface area (Å²) in [6.07, 6.45) is 1.29. The summed E-state index contributed by atoms with van der Waals surface area (Å²) >= 11 is 0. The molecular formula is C18H27NO5S. The van der Waals surface area contributed by atoms with Gasteiger partial charge in [-0.15, -0.1) is 0 Å². The fraction of sp³-hybridized carbons (Fsp3) is 0.611. The first-order chi connectivity index (χ1) is 11.6. The normalized spacial score (nSPS) is 18.8. The highest BCUT2D eigenvalue weighted by atomic mass is 32.2. The Hall–Kier alpha value is -1.60. The molecule has 1 amide bonds. The molecule has 7 heteroatoms. The summed E-state index contributed by atoms with van der Waals surface area (Å²) in [5, 5.41) is 0. The van der Waals surface area contributed by atoms with Crippen LogP contribution >= 0.6 is 0 Å². The van der Waals surface area contributed by atoms with Gasteiger partial charge in [0.25, 0.3) is 10.1 Å². The maximum absolute atomic E-state index is 12.1. The molecule has 1 heterocycles. The van der Waals surface area contributed by atoms with Crippen LogP contribution in [0.5, 0.6) is 0 Å². The summed E-state index contributed by atoms with van der Waals surface area (Å²) < 4.78 is 34.8. The van der Waals surface area contributed by atoms with E-state index >= 15 is 0 Å². The summed E-state index contributed by atoms with van der Waals surface area (Å²) in [6.45, 7) is 6.65. The first-order valence-corrected chi connectivity index (χ1v) is 10.1. The van der Waals surface area contributed by atoms with Crippen molar-refractivity contribution in [3.05, 3.63) is 35.9 Å². The number of piperidine rings is 1. The minimum absolute atomic E-state index is 0.00758. The van der Waals surface area contributed by atoms with Crippen LogP contribution in [0.25, 0.3) is 0 Å². The van der Waals surface area contributed by atoms with Gasteiger partial charge in [0.15, 0.2) is 0 Å². The molecule has 25 heavy (non-hydrogen) atoms. The van der Waals surface area contributed by atoms with Gasteiger partial charge in [-0.3, -0.25) is 4.18 Å². The molecule has 1 saturated heterocycles. The molecule has 0 radical (unpaired) electrons. The third kappa shape index (κ3) is 7.04. The van der Waals surface area contributed by atoms with Crippen molar-refractivity contribution in [2.45, 2.75) is 45.0 Å². The number of amides is 1. The van der Waals surface area contributed by atoms with Crippen LogP contribution in [-0.4, -0.2) is 44.7 Å². The number of carbonyl (C=O) groups is 1. The van der Waals surface area contributed by atoms with Gasteiger partial charge in [-0.25, -0.2) is 4.79 Å². The monoisotopic (exact) mass is 369 g/mol. The lowest BCUT2D eigenvalue weighted by molar-refractivity contribution is 0.0142. The second kappa shape index (κ2) is 8.19. The van der Waals surface area contributed by atoms with E-state index in [1.165, 1.54) is 0 Å². The molecule has 140 valence electrons. The molecular weight excluding hydrogens is 342 g/mol. The van der Waals surface area contributed by atoms with E-state index in [-0.39, 0.29) is 24.4 Å². The molecule has 1 aliphatic rings. The van der Waals surface area contributed by atoms with E-state index in [2.05, 4.69) is 0 Å². The quantitative estimate of drug-likeness (QED) is 0.745. The number of hydrogen-bond acceptors (Lipinski definition) is 5. The Morgan fingerprint density at radius 3 is 2.56 bits per heavy atom. The van der Waals surface area contributed by atoms with Gasteiger partial charge in [-0.2, -0.15) is 8.42 Å².